The fourth-order valence-electron chi connectivity index (χ4n) is 3.52. The second kappa shape index (κ2) is 9.06. The van der Waals surface area contributed by atoms with Gasteiger partial charge in [-0.1, -0.05) is 43.2 Å². The molecule has 2 amide bonds. The first-order chi connectivity index (χ1) is 12.3. The number of hydrogen-bond acceptors (Lipinski definition) is 3. The van der Waals surface area contributed by atoms with Crippen LogP contribution >= 0.6 is 0 Å². The molecule has 0 atom stereocenters. The molecule has 0 spiro atoms. The Morgan fingerprint density at radius 1 is 1.08 bits per heavy atom. The molecule has 26 heavy (non-hydrogen) atoms. The minimum atomic E-state index is -0.505. The summed E-state index contributed by atoms with van der Waals surface area (Å²) in [7, 11) is 0. The summed E-state index contributed by atoms with van der Waals surface area (Å²) in [5.74, 6) is 0.0400. The van der Waals surface area contributed by atoms with Crippen LogP contribution in [0, 0.1) is 0 Å². The van der Waals surface area contributed by atoms with E-state index in [1.165, 1.54) is 18.4 Å². The third-order valence-corrected chi connectivity index (χ3v) is 4.82. The van der Waals surface area contributed by atoms with Crippen molar-refractivity contribution in [2.75, 3.05) is 13.1 Å². The van der Waals surface area contributed by atoms with Gasteiger partial charge in [-0.2, -0.15) is 0 Å². The fraction of sp³-hybridized carbons (Fsp3) is 0.619. The molecule has 0 bridgehead atoms. The van der Waals surface area contributed by atoms with Crippen molar-refractivity contribution >= 4 is 12.0 Å². The molecular weight excluding hydrogens is 328 g/mol. The molecule has 0 heterocycles. The lowest BCUT2D eigenvalue weighted by Gasteiger charge is -2.30. The molecule has 1 aromatic carbocycles. The van der Waals surface area contributed by atoms with E-state index in [9.17, 15) is 9.59 Å². The Hall–Kier alpha value is -2.04. The third-order valence-electron chi connectivity index (χ3n) is 4.82. The van der Waals surface area contributed by atoms with E-state index in [1.807, 2.05) is 26.8 Å². The highest BCUT2D eigenvalue weighted by Gasteiger charge is 2.35. The van der Waals surface area contributed by atoms with E-state index in [4.69, 9.17) is 4.74 Å². The van der Waals surface area contributed by atoms with E-state index in [-0.39, 0.29) is 11.3 Å². The number of alkyl carbamates (subject to hydrolysis) is 1. The maximum absolute atomic E-state index is 12.2. The Balaban J connectivity index is 1.72. The molecule has 144 valence electrons. The summed E-state index contributed by atoms with van der Waals surface area (Å²) >= 11 is 0. The van der Waals surface area contributed by atoms with E-state index in [1.54, 1.807) is 0 Å². The Labute approximate surface area is 156 Å². The van der Waals surface area contributed by atoms with Crippen LogP contribution < -0.4 is 10.6 Å². The van der Waals surface area contributed by atoms with Crippen LogP contribution in [0.3, 0.4) is 0 Å². The average molecular weight is 360 g/mol. The molecule has 1 aliphatic rings. The maximum Gasteiger partial charge on any atom is 0.407 e. The van der Waals surface area contributed by atoms with E-state index >= 15 is 0 Å². The van der Waals surface area contributed by atoms with Crippen LogP contribution in [-0.4, -0.2) is 30.7 Å². The lowest BCUT2D eigenvalue weighted by atomic mass is 9.79. The highest BCUT2D eigenvalue weighted by atomic mass is 16.6. The second-order valence-corrected chi connectivity index (χ2v) is 8.16. The molecular formula is C21H32N2O3. The first-order valence-corrected chi connectivity index (χ1v) is 9.60. The van der Waals surface area contributed by atoms with E-state index in [2.05, 4.69) is 34.9 Å². The Kier molecular flexibility index (Phi) is 7.06. The van der Waals surface area contributed by atoms with Gasteiger partial charge in [-0.3, -0.25) is 4.79 Å². The highest BCUT2D eigenvalue weighted by molar-refractivity contribution is 5.76. The van der Waals surface area contributed by atoms with Gasteiger partial charge in [-0.15, -0.1) is 0 Å². The molecule has 5 nitrogen and oxygen atoms in total. The van der Waals surface area contributed by atoms with Gasteiger partial charge in [0.2, 0.25) is 5.91 Å². The zero-order valence-corrected chi connectivity index (χ0v) is 16.3. The van der Waals surface area contributed by atoms with Crippen LogP contribution in [0.4, 0.5) is 4.79 Å². The number of amides is 2. The molecule has 0 aliphatic heterocycles. The molecule has 1 saturated carbocycles. The number of nitrogens with one attached hydrogen (secondary N) is 2. The summed E-state index contributed by atoms with van der Waals surface area (Å²) in [5.41, 5.74) is 0.893. The lowest BCUT2D eigenvalue weighted by molar-refractivity contribution is -0.121. The van der Waals surface area contributed by atoms with Crippen molar-refractivity contribution < 1.29 is 14.3 Å². The maximum atomic E-state index is 12.2. The number of rotatable bonds is 7. The van der Waals surface area contributed by atoms with Crippen LogP contribution in [0.5, 0.6) is 0 Å². The number of ether oxygens (including phenoxy) is 1. The van der Waals surface area contributed by atoms with Crippen LogP contribution in [0.2, 0.25) is 0 Å². The van der Waals surface area contributed by atoms with Crippen molar-refractivity contribution in [1.82, 2.24) is 10.6 Å². The van der Waals surface area contributed by atoms with Crippen LogP contribution in [-0.2, 0) is 14.9 Å². The van der Waals surface area contributed by atoms with Crippen molar-refractivity contribution in [2.24, 2.45) is 0 Å². The van der Waals surface area contributed by atoms with Crippen molar-refractivity contribution in [3.8, 4) is 0 Å². The van der Waals surface area contributed by atoms with Crippen LogP contribution in [0.15, 0.2) is 30.3 Å². The Bertz CT molecular complexity index is 587. The summed E-state index contributed by atoms with van der Waals surface area (Å²) in [6, 6.07) is 10.5. The van der Waals surface area contributed by atoms with Gasteiger partial charge in [0.25, 0.3) is 0 Å². The predicted octanol–water partition coefficient (Wildman–Crippen LogP) is 3.92. The van der Waals surface area contributed by atoms with Gasteiger partial charge in [0.1, 0.15) is 5.60 Å². The third kappa shape index (κ3) is 6.36. The van der Waals surface area contributed by atoms with Gasteiger partial charge in [0.05, 0.1) is 0 Å². The quantitative estimate of drug-likeness (QED) is 0.724. The van der Waals surface area contributed by atoms with Crippen LogP contribution in [0.1, 0.15) is 64.9 Å². The first-order valence-electron chi connectivity index (χ1n) is 9.60. The van der Waals surface area contributed by atoms with Gasteiger partial charge in [-0.05, 0) is 45.6 Å². The summed E-state index contributed by atoms with van der Waals surface area (Å²) < 4.78 is 5.17. The summed E-state index contributed by atoms with van der Waals surface area (Å²) in [4.78, 5) is 23.8. The van der Waals surface area contributed by atoms with Crippen molar-refractivity contribution in [1.29, 1.82) is 0 Å². The minimum absolute atomic E-state index is 0.0400. The zero-order valence-electron chi connectivity index (χ0n) is 16.3. The first kappa shape index (κ1) is 20.3. The molecule has 1 aliphatic carbocycles. The van der Waals surface area contributed by atoms with Gasteiger partial charge in [-0.25, -0.2) is 4.79 Å². The standard InChI is InChI=1S/C21H32N2O3/c1-20(2,3)26-19(25)22-15-9-12-18(24)23-16-21(13-7-8-14-21)17-10-5-4-6-11-17/h4-6,10-11H,7-9,12-16H2,1-3H3,(H,22,25)(H,23,24). The largest absolute Gasteiger partial charge is 0.444 e. The highest BCUT2D eigenvalue weighted by Crippen LogP contribution is 2.40. The van der Waals surface area contributed by atoms with Gasteiger partial charge >= 0.3 is 6.09 Å². The molecule has 2 N–H and O–H groups in total. The van der Waals surface area contributed by atoms with E-state index in [0.717, 1.165) is 12.8 Å². The van der Waals surface area contributed by atoms with E-state index < -0.39 is 11.7 Å². The normalized spacial score (nSPS) is 16.1. The van der Waals surface area contributed by atoms with Crippen molar-refractivity contribution in [3.05, 3.63) is 35.9 Å². The molecule has 5 heteroatoms. The predicted molar refractivity (Wildman–Crippen MR) is 103 cm³/mol. The number of hydrogen-bond donors (Lipinski definition) is 2. The molecule has 0 radical (unpaired) electrons. The average Bonchev–Trinajstić information content (AvgIpc) is 3.06. The molecule has 0 aromatic heterocycles. The van der Waals surface area contributed by atoms with E-state index in [0.29, 0.717) is 25.9 Å². The number of carbonyl (C=O) groups excluding carboxylic acids is 2. The second-order valence-electron chi connectivity index (χ2n) is 8.16. The minimum Gasteiger partial charge on any atom is -0.444 e. The van der Waals surface area contributed by atoms with Gasteiger partial charge in [0, 0.05) is 24.9 Å². The summed E-state index contributed by atoms with van der Waals surface area (Å²) in [6.45, 7) is 6.60. The topological polar surface area (TPSA) is 67.4 Å². The molecule has 0 saturated heterocycles. The SMILES string of the molecule is CC(C)(C)OC(=O)NCCCC(=O)NCC1(c2ccccc2)CCCC1. The molecule has 1 fully saturated rings. The molecule has 2 rings (SSSR count). The number of carbonyl (C=O) groups is 2. The van der Waals surface area contributed by atoms with Gasteiger partial charge in [0.15, 0.2) is 0 Å². The zero-order chi connectivity index (χ0) is 19.0. The van der Waals surface area contributed by atoms with Crippen molar-refractivity contribution in [3.63, 3.8) is 0 Å². The lowest BCUT2D eigenvalue weighted by Crippen LogP contribution is -2.39. The smallest absolute Gasteiger partial charge is 0.407 e. The monoisotopic (exact) mass is 360 g/mol. The van der Waals surface area contributed by atoms with Crippen LogP contribution in [0.25, 0.3) is 0 Å². The Morgan fingerprint density at radius 3 is 2.35 bits per heavy atom. The van der Waals surface area contributed by atoms with Gasteiger partial charge < -0.3 is 15.4 Å². The molecule has 0 unspecified atom stereocenters. The summed E-state index contributed by atoms with van der Waals surface area (Å²) in [6.07, 6.45) is 5.24. The fourth-order valence-corrected chi connectivity index (χ4v) is 3.52. The summed E-state index contributed by atoms with van der Waals surface area (Å²) in [5, 5.41) is 5.79. The molecule has 1 aromatic rings. The Morgan fingerprint density at radius 2 is 1.73 bits per heavy atom. The van der Waals surface area contributed by atoms with Crippen molar-refractivity contribution in [2.45, 2.75) is 70.3 Å². The number of benzene rings is 1.